The molecule has 0 saturated heterocycles. The number of nitrogens with one attached hydrogen (secondary N) is 1. The van der Waals surface area contributed by atoms with Crippen LogP contribution in [0.15, 0.2) is 24.3 Å². The lowest BCUT2D eigenvalue weighted by atomic mass is 10.2. The van der Waals surface area contributed by atoms with Crippen molar-refractivity contribution in [3.8, 4) is 0 Å². The Bertz CT molecular complexity index is 635. The number of hydrogen-bond donors (Lipinski definition) is 1. The molecule has 1 rings (SSSR count). The Morgan fingerprint density at radius 3 is 2.42 bits per heavy atom. The lowest BCUT2D eigenvalue weighted by Gasteiger charge is -2.20. The van der Waals surface area contributed by atoms with E-state index in [2.05, 4.69) is 5.32 Å². The molecular weight excluding hydrogens is 350 g/mol. The monoisotopic (exact) mass is 375 g/mol. The highest BCUT2D eigenvalue weighted by Crippen LogP contribution is 2.14. The van der Waals surface area contributed by atoms with Crippen LogP contribution in [0.3, 0.4) is 0 Å². The number of hydrogen-bond acceptors (Lipinski definition) is 4. The van der Waals surface area contributed by atoms with Crippen LogP contribution in [-0.2, 0) is 21.4 Å². The maximum atomic E-state index is 12.0. The summed E-state index contributed by atoms with van der Waals surface area (Å²) < 4.78 is 25.0. The van der Waals surface area contributed by atoms with E-state index in [1.165, 1.54) is 10.6 Å². The van der Waals surface area contributed by atoms with Crippen LogP contribution in [0.1, 0.15) is 18.4 Å². The molecular formula is C16H26ClN3O3S. The van der Waals surface area contributed by atoms with Crippen LogP contribution in [0, 0.1) is 0 Å². The number of rotatable bonds is 10. The first-order valence-electron chi connectivity index (χ1n) is 7.80. The molecule has 1 aromatic rings. The number of benzene rings is 1. The molecule has 1 N–H and O–H groups in total. The average molecular weight is 376 g/mol. The average Bonchev–Trinajstić information content (AvgIpc) is 2.48. The Labute approximate surface area is 149 Å². The highest BCUT2D eigenvalue weighted by Gasteiger charge is 2.17. The van der Waals surface area contributed by atoms with Crippen molar-refractivity contribution >= 4 is 27.5 Å². The summed E-state index contributed by atoms with van der Waals surface area (Å²) >= 11 is 6.03. The maximum absolute atomic E-state index is 12.0. The van der Waals surface area contributed by atoms with E-state index in [-0.39, 0.29) is 18.9 Å². The molecule has 0 atom stereocenters. The van der Waals surface area contributed by atoms with Gasteiger partial charge in [-0.2, -0.15) is 0 Å². The van der Waals surface area contributed by atoms with Crippen molar-refractivity contribution in [2.24, 2.45) is 0 Å². The van der Waals surface area contributed by atoms with Gasteiger partial charge in [-0.1, -0.05) is 29.8 Å². The van der Waals surface area contributed by atoms with E-state index in [0.29, 0.717) is 18.1 Å². The molecule has 0 bridgehead atoms. The van der Waals surface area contributed by atoms with Gasteiger partial charge in [0.1, 0.15) is 0 Å². The Morgan fingerprint density at radius 1 is 1.17 bits per heavy atom. The molecule has 0 aliphatic rings. The molecule has 1 amide bonds. The summed E-state index contributed by atoms with van der Waals surface area (Å²) in [6.07, 6.45) is 2.02. The van der Waals surface area contributed by atoms with Gasteiger partial charge in [-0.05, 0) is 38.7 Å². The Balaban J connectivity index is 2.45. The van der Waals surface area contributed by atoms with Crippen molar-refractivity contribution in [3.63, 3.8) is 0 Å². The van der Waals surface area contributed by atoms with Gasteiger partial charge in [0.15, 0.2) is 0 Å². The third-order valence-electron chi connectivity index (χ3n) is 3.50. The molecule has 0 radical (unpaired) electrons. The summed E-state index contributed by atoms with van der Waals surface area (Å²) in [5.41, 5.74) is 0.832. The van der Waals surface area contributed by atoms with Gasteiger partial charge < -0.3 is 10.2 Å². The van der Waals surface area contributed by atoms with Crippen molar-refractivity contribution in [2.75, 3.05) is 40.0 Å². The summed E-state index contributed by atoms with van der Waals surface area (Å²) in [7, 11) is 0.556. The number of halogens is 1. The Morgan fingerprint density at radius 2 is 1.83 bits per heavy atom. The molecule has 8 heteroatoms. The molecule has 0 aliphatic carbocycles. The molecule has 24 heavy (non-hydrogen) atoms. The predicted molar refractivity (Wildman–Crippen MR) is 97.5 cm³/mol. The number of nitrogens with zero attached hydrogens (tertiary/aromatic N) is 2. The minimum absolute atomic E-state index is 0.124. The van der Waals surface area contributed by atoms with E-state index in [0.717, 1.165) is 18.5 Å². The van der Waals surface area contributed by atoms with E-state index in [4.69, 9.17) is 11.6 Å². The fourth-order valence-electron chi connectivity index (χ4n) is 2.16. The van der Waals surface area contributed by atoms with E-state index in [1.54, 1.807) is 6.07 Å². The molecule has 136 valence electrons. The largest absolute Gasteiger partial charge is 0.352 e. The van der Waals surface area contributed by atoms with Crippen LogP contribution in [0.4, 0.5) is 0 Å². The van der Waals surface area contributed by atoms with Gasteiger partial charge >= 0.3 is 0 Å². The van der Waals surface area contributed by atoms with Crippen LogP contribution >= 0.6 is 11.6 Å². The fourth-order valence-corrected chi connectivity index (χ4v) is 3.24. The van der Waals surface area contributed by atoms with Gasteiger partial charge in [-0.15, -0.1) is 0 Å². The summed E-state index contributed by atoms with van der Waals surface area (Å²) in [5, 5.41) is 3.36. The van der Waals surface area contributed by atoms with Gasteiger partial charge in [-0.3, -0.25) is 4.79 Å². The van der Waals surface area contributed by atoms with Crippen LogP contribution in [0.2, 0.25) is 5.02 Å². The van der Waals surface area contributed by atoms with Gasteiger partial charge in [0.25, 0.3) is 0 Å². The second-order valence-electron chi connectivity index (χ2n) is 5.94. The normalized spacial score (nSPS) is 11.9. The first-order chi connectivity index (χ1) is 11.2. The van der Waals surface area contributed by atoms with Gasteiger partial charge in [0.2, 0.25) is 15.9 Å². The molecule has 0 heterocycles. The molecule has 6 nitrogen and oxygen atoms in total. The van der Waals surface area contributed by atoms with Crippen molar-refractivity contribution in [3.05, 3.63) is 34.9 Å². The topological polar surface area (TPSA) is 69.7 Å². The lowest BCUT2D eigenvalue weighted by molar-refractivity contribution is -0.121. The summed E-state index contributed by atoms with van der Waals surface area (Å²) in [5.74, 6) is -0.198. The lowest BCUT2D eigenvalue weighted by Crippen LogP contribution is -2.36. The van der Waals surface area contributed by atoms with E-state index in [1.807, 2.05) is 37.2 Å². The molecule has 0 unspecified atom stereocenters. The van der Waals surface area contributed by atoms with Gasteiger partial charge in [-0.25, -0.2) is 12.7 Å². The SMILES string of the molecule is CN(C)CCCN(CCC(=O)NCc1ccccc1Cl)S(C)(=O)=O. The summed E-state index contributed by atoms with van der Waals surface area (Å²) in [4.78, 5) is 14.0. The highest BCUT2D eigenvalue weighted by molar-refractivity contribution is 7.88. The van der Waals surface area contributed by atoms with Crippen molar-refractivity contribution in [1.82, 2.24) is 14.5 Å². The number of amides is 1. The standard InChI is InChI=1S/C16H26ClN3O3S/c1-19(2)10-6-11-20(24(3,22)23)12-9-16(21)18-13-14-7-4-5-8-15(14)17/h4-5,7-8H,6,9-13H2,1-3H3,(H,18,21). The van der Waals surface area contributed by atoms with Crippen molar-refractivity contribution < 1.29 is 13.2 Å². The molecule has 0 spiro atoms. The minimum atomic E-state index is -3.32. The first-order valence-corrected chi connectivity index (χ1v) is 10.0. The number of carbonyl (C=O) groups is 1. The third-order valence-corrected chi connectivity index (χ3v) is 5.18. The van der Waals surface area contributed by atoms with Gasteiger partial charge in [0.05, 0.1) is 6.26 Å². The predicted octanol–water partition coefficient (Wildman–Crippen LogP) is 1.56. The van der Waals surface area contributed by atoms with Crippen LogP contribution in [0.5, 0.6) is 0 Å². The summed E-state index contributed by atoms with van der Waals surface area (Å²) in [6, 6.07) is 7.28. The Hall–Kier alpha value is -1.15. The molecule has 0 aliphatic heterocycles. The molecule has 0 saturated carbocycles. The van der Waals surface area contributed by atoms with Gasteiger partial charge in [0, 0.05) is 31.1 Å². The third kappa shape index (κ3) is 8.10. The zero-order chi connectivity index (χ0) is 18.2. The quantitative estimate of drug-likeness (QED) is 0.673. The Kier molecular flexibility index (Phi) is 8.69. The number of carbonyl (C=O) groups excluding carboxylic acids is 1. The van der Waals surface area contributed by atoms with Crippen molar-refractivity contribution in [2.45, 2.75) is 19.4 Å². The second kappa shape index (κ2) is 9.98. The number of sulfonamides is 1. The minimum Gasteiger partial charge on any atom is -0.352 e. The molecule has 1 aromatic carbocycles. The highest BCUT2D eigenvalue weighted by atomic mass is 35.5. The first kappa shape index (κ1) is 20.9. The summed E-state index contributed by atoms with van der Waals surface area (Å²) in [6.45, 7) is 1.72. The van der Waals surface area contributed by atoms with E-state index >= 15 is 0 Å². The van der Waals surface area contributed by atoms with Crippen LogP contribution < -0.4 is 5.32 Å². The molecule has 0 fully saturated rings. The van der Waals surface area contributed by atoms with Crippen LogP contribution in [0.25, 0.3) is 0 Å². The second-order valence-corrected chi connectivity index (χ2v) is 8.33. The smallest absolute Gasteiger partial charge is 0.221 e. The zero-order valence-electron chi connectivity index (χ0n) is 14.5. The fraction of sp³-hybridized carbons (Fsp3) is 0.562. The van der Waals surface area contributed by atoms with E-state index < -0.39 is 10.0 Å². The van der Waals surface area contributed by atoms with Crippen molar-refractivity contribution in [1.29, 1.82) is 0 Å². The van der Waals surface area contributed by atoms with Crippen LogP contribution in [-0.4, -0.2) is 63.5 Å². The maximum Gasteiger partial charge on any atom is 0.221 e. The zero-order valence-corrected chi connectivity index (χ0v) is 16.0. The van der Waals surface area contributed by atoms with E-state index in [9.17, 15) is 13.2 Å². The molecule has 0 aromatic heterocycles.